The van der Waals surface area contributed by atoms with E-state index >= 15 is 0 Å². The van der Waals surface area contributed by atoms with Crippen LogP contribution < -0.4 is 14.8 Å². The summed E-state index contributed by atoms with van der Waals surface area (Å²) in [6.45, 7) is 0.535. The number of rotatable bonds is 7. The van der Waals surface area contributed by atoms with Crippen LogP contribution in [0.3, 0.4) is 0 Å². The minimum Gasteiger partial charge on any atom is -0.493 e. The highest BCUT2D eigenvalue weighted by atomic mass is 16.5. The van der Waals surface area contributed by atoms with Crippen molar-refractivity contribution in [2.24, 2.45) is 0 Å². The van der Waals surface area contributed by atoms with E-state index in [1.165, 1.54) is 0 Å². The summed E-state index contributed by atoms with van der Waals surface area (Å²) in [4.78, 5) is 18.5. The molecule has 0 spiro atoms. The lowest BCUT2D eigenvalue weighted by atomic mass is 10.2. The molecule has 0 saturated heterocycles. The molecule has 0 aliphatic heterocycles. The second-order valence-corrected chi connectivity index (χ2v) is 6.27. The Bertz CT molecular complexity index is 928. The predicted octanol–water partition coefficient (Wildman–Crippen LogP) is 4.11. The van der Waals surface area contributed by atoms with Crippen LogP contribution in [0.5, 0.6) is 11.5 Å². The number of hydrogen-bond donors (Lipinski definition) is 1. The second-order valence-electron chi connectivity index (χ2n) is 6.27. The van der Waals surface area contributed by atoms with Crippen LogP contribution in [0.4, 0.5) is 11.4 Å². The van der Waals surface area contributed by atoms with Crippen molar-refractivity contribution in [3.63, 3.8) is 0 Å². The molecule has 0 radical (unpaired) electrons. The van der Waals surface area contributed by atoms with Crippen LogP contribution in [0.15, 0.2) is 66.9 Å². The predicted molar refractivity (Wildman–Crippen MR) is 109 cm³/mol. The summed E-state index contributed by atoms with van der Waals surface area (Å²) >= 11 is 0. The Labute approximate surface area is 164 Å². The van der Waals surface area contributed by atoms with E-state index in [-0.39, 0.29) is 5.91 Å². The van der Waals surface area contributed by atoms with Gasteiger partial charge in [-0.05, 0) is 29.8 Å². The molecule has 0 unspecified atom stereocenters. The molecule has 0 aliphatic carbocycles. The highest BCUT2D eigenvalue weighted by Crippen LogP contribution is 2.31. The number of aromatic nitrogens is 1. The van der Waals surface area contributed by atoms with Gasteiger partial charge in [0.25, 0.3) is 5.91 Å². The molecular formula is C22H23N3O3. The molecule has 1 heterocycles. The van der Waals surface area contributed by atoms with Gasteiger partial charge in [-0.1, -0.05) is 30.3 Å². The zero-order valence-electron chi connectivity index (χ0n) is 16.2. The lowest BCUT2D eigenvalue weighted by Crippen LogP contribution is -2.26. The minimum atomic E-state index is -0.124. The van der Waals surface area contributed by atoms with E-state index in [4.69, 9.17) is 9.47 Å². The van der Waals surface area contributed by atoms with Gasteiger partial charge in [0.15, 0.2) is 11.5 Å². The average molecular weight is 377 g/mol. The van der Waals surface area contributed by atoms with Gasteiger partial charge in [0.1, 0.15) is 5.69 Å². The van der Waals surface area contributed by atoms with Crippen molar-refractivity contribution in [2.45, 2.75) is 6.54 Å². The molecule has 3 aromatic rings. The third-order valence-corrected chi connectivity index (χ3v) is 4.26. The number of nitrogens with zero attached hydrogens (tertiary/aromatic N) is 2. The molecular weight excluding hydrogens is 354 g/mol. The molecule has 0 fully saturated rings. The summed E-state index contributed by atoms with van der Waals surface area (Å²) in [7, 11) is 4.96. The quantitative estimate of drug-likeness (QED) is 0.671. The summed E-state index contributed by atoms with van der Waals surface area (Å²) in [5, 5.41) is 3.24. The summed E-state index contributed by atoms with van der Waals surface area (Å²) in [6.07, 6.45) is 1.64. The fourth-order valence-electron chi connectivity index (χ4n) is 2.80. The Kier molecular flexibility index (Phi) is 6.11. The summed E-state index contributed by atoms with van der Waals surface area (Å²) in [5.74, 6) is 1.17. The zero-order valence-corrected chi connectivity index (χ0v) is 16.2. The average Bonchev–Trinajstić information content (AvgIpc) is 2.74. The summed E-state index contributed by atoms with van der Waals surface area (Å²) in [5.41, 5.74) is 3.08. The van der Waals surface area contributed by atoms with Crippen LogP contribution in [-0.2, 0) is 6.54 Å². The van der Waals surface area contributed by atoms with Gasteiger partial charge in [-0.2, -0.15) is 0 Å². The van der Waals surface area contributed by atoms with Crippen LogP contribution in [0.25, 0.3) is 0 Å². The van der Waals surface area contributed by atoms with Crippen molar-refractivity contribution < 1.29 is 14.3 Å². The molecule has 1 aromatic heterocycles. The molecule has 0 atom stereocenters. The number of ether oxygens (including phenoxy) is 2. The fourth-order valence-corrected chi connectivity index (χ4v) is 2.80. The van der Waals surface area contributed by atoms with E-state index in [1.807, 2.05) is 54.6 Å². The van der Waals surface area contributed by atoms with Gasteiger partial charge in [0.2, 0.25) is 0 Å². The van der Waals surface area contributed by atoms with Crippen LogP contribution in [0, 0.1) is 0 Å². The van der Waals surface area contributed by atoms with E-state index < -0.39 is 0 Å². The minimum absolute atomic E-state index is 0.124. The molecule has 144 valence electrons. The smallest absolute Gasteiger partial charge is 0.272 e. The molecule has 3 rings (SSSR count). The first-order valence-electron chi connectivity index (χ1n) is 8.85. The first kappa shape index (κ1) is 19.2. The lowest BCUT2D eigenvalue weighted by molar-refractivity contribution is 0.0779. The van der Waals surface area contributed by atoms with Gasteiger partial charge < -0.3 is 19.7 Å². The standard InChI is InChI=1S/C22H23N3O3/c1-25(15-16-7-5-4-6-8-16)22(26)19-11-9-18(14-23-19)24-17-10-12-20(27-2)21(13-17)28-3/h4-14,24H,15H2,1-3H3. The van der Waals surface area contributed by atoms with Crippen LogP contribution in [0.2, 0.25) is 0 Å². The van der Waals surface area contributed by atoms with E-state index in [0.717, 1.165) is 16.9 Å². The molecule has 0 bridgehead atoms. The first-order valence-corrected chi connectivity index (χ1v) is 8.85. The van der Waals surface area contributed by atoms with Crippen molar-refractivity contribution >= 4 is 17.3 Å². The fraction of sp³-hybridized carbons (Fsp3) is 0.182. The van der Waals surface area contributed by atoms with E-state index in [0.29, 0.717) is 23.7 Å². The number of carbonyl (C=O) groups is 1. The van der Waals surface area contributed by atoms with E-state index in [1.54, 1.807) is 38.4 Å². The third kappa shape index (κ3) is 4.59. The maximum Gasteiger partial charge on any atom is 0.272 e. The number of pyridine rings is 1. The molecule has 28 heavy (non-hydrogen) atoms. The maximum atomic E-state index is 12.6. The van der Waals surface area contributed by atoms with Crippen LogP contribution in [-0.4, -0.2) is 37.1 Å². The monoisotopic (exact) mass is 377 g/mol. The van der Waals surface area contributed by atoms with E-state index in [9.17, 15) is 4.79 Å². The number of hydrogen-bond acceptors (Lipinski definition) is 5. The normalized spacial score (nSPS) is 10.2. The maximum absolute atomic E-state index is 12.6. The van der Waals surface area contributed by atoms with Gasteiger partial charge in [-0.15, -0.1) is 0 Å². The number of benzene rings is 2. The van der Waals surface area contributed by atoms with Crippen LogP contribution >= 0.6 is 0 Å². The summed E-state index contributed by atoms with van der Waals surface area (Å²) in [6, 6.07) is 18.9. The number of nitrogens with one attached hydrogen (secondary N) is 1. The number of methoxy groups -OCH3 is 2. The number of amides is 1. The van der Waals surface area contributed by atoms with Crippen molar-refractivity contribution in [2.75, 3.05) is 26.6 Å². The number of carbonyl (C=O) groups excluding carboxylic acids is 1. The number of anilines is 2. The van der Waals surface area contributed by atoms with Gasteiger partial charge in [-0.25, -0.2) is 4.98 Å². The highest BCUT2D eigenvalue weighted by molar-refractivity contribution is 5.92. The van der Waals surface area contributed by atoms with Crippen molar-refractivity contribution in [1.82, 2.24) is 9.88 Å². The lowest BCUT2D eigenvalue weighted by Gasteiger charge is -2.17. The van der Waals surface area contributed by atoms with Crippen LogP contribution in [0.1, 0.15) is 16.1 Å². The Hall–Kier alpha value is -3.54. The first-order chi connectivity index (χ1) is 13.6. The highest BCUT2D eigenvalue weighted by Gasteiger charge is 2.13. The molecule has 1 N–H and O–H groups in total. The second kappa shape index (κ2) is 8.90. The zero-order chi connectivity index (χ0) is 19.9. The Balaban J connectivity index is 1.67. The third-order valence-electron chi connectivity index (χ3n) is 4.26. The van der Waals surface area contributed by atoms with Crippen molar-refractivity contribution in [3.8, 4) is 11.5 Å². The molecule has 2 aromatic carbocycles. The molecule has 6 heteroatoms. The van der Waals surface area contributed by atoms with Gasteiger partial charge >= 0.3 is 0 Å². The summed E-state index contributed by atoms with van der Waals surface area (Å²) < 4.78 is 10.6. The largest absolute Gasteiger partial charge is 0.493 e. The van der Waals surface area contributed by atoms with Gasteiger partial charge in [0.05, 0.1) is 26.1 Å². The van der Waals surface area contributed by atoms with Gasteiger partial charge in [0, 0.05) is 25.3 Å². The molecule has 6 nitrogen and oxygen atoms in total. The van der Waals surface area contributed by atoms with E-state index in [2.05, 4.69) is 10.3 Å². The molecule has 0 saturated carbocycles. The van der Waals surface area contributed by atoms with Crippen molar-refractivity contribution in [3.05, 3.63) is 78.1 Å². The van der Waals surface area contributed by atoms with Crippen molar-refractivity contribution in [1.29, 1.82) is 0 Å². The topological polar surface area (TPSA) is 63.7 Å². The Morgan fingerprint density at radius 2 is 1.68 bits per heavy atom. The molecule has 1 amide bonds. The molecule has 0 aliphatic rings. The Morgan fingerprint density at radius 3 is 2.32 bits per heavy atom. The Morgan fingerprint density at radius 1 is 0.964 bits per heavy atom. The SMILES string of the molecule is COc1ccc(Nc2ccc(C(=O)N(C)Cc3ccccc3)nc2)cc1OC. The van der Waals surface area contributed by atoms with Gasteiger partial charge in [-0.3, -0.25) is 4.79 Å².